The van der Waals surface area contributed by atoms with Gasteiger partial charge in [0, 0.05) is 18.5 Å². The number of ether oxygens (including phenoxy) is 1. The van der Waals surface area contributed by atoms with Crippen molar-refractivity contribution in [1.82, 2.24) is 10.2 Å². The van der Waals surface area contributed by atoms with E-state index in [0.29, 0.717) is 19.0 Å². The van der Waals surface area contributed by atoms with Crippen molar-refractivity contribution in [2.24, 2.45) is 11.3 Å². The van der Waals surface area contributed by atoms with E-state index in [-0.39, 0.29) is 30.1 Å². The molecule has 2 aliphatic heterocycles. The van der Waals surface area contributed by atoms with E-state index in [2.05, 4.69) is 19.2 Å². The first-order valence-corrected chi connectivity index (χ1v) is 7.71. The molecule has 116 valence electrons. The smallest absolute Gasteiger partial charge is 0.228 e. The Hall–Kier alpha value is -0.650. The van der Waals surface area contributed by atoms with Crippen LogP contribution in [0.15, 0.2) is 0 Å². The van der Waals surface area contributed by atoms with Gasteiger partial charge in [0.25, 0.3) is 0 Å². The van der Waals surface area contributed by atoms with Crippen LogP contribution < -0.4 is 5.32 Å². The van der Waals surface area contributed by atoms with Crippen LogP contribution in [0.5, 0.6) is 0 Å². The summed E-state index contributed by atoms with van der Waals surface area (Å²) in [5.41, 5.74) is -0.357. The van der Waals surface area contributed by atoms with Gasteiger partial charge in [0.15, 0.2) is 0 Å². The minimum atomic E-state index is -0.357. The van der Waals surface area contributed by atoms with Crippen LogP contribution in [0, 0.1) is 11.3 Å². The van der Waals surface area contributed by atoms with Crippen molar-refractivity contribution in [1.29, 1.82) is 0 Å². The van der Waals surface area contributed by atoms with Crippen LogP contribution >= 0.6 is 0 Å². The molecule has 5 heteroatoms. The minimum Gasteiger partial charge on any atom is -0.394 e. The van der Waals surface area contributed by atoms with Gasteiger partial charge in [-0.25, -0.2) is 0 Å². The van der Waals surface area contributed by atoms with Gasteiger partial charge in [-0.3, -0.25) is 4.79 Å². The number of hydrogen-bond acceptors (Lipinski definition) is 4. The molecule has 0 aromatic carbocycles. The Morgan fingerprint density at radius 3 is 2.80 bits per heavy atom. The molecule has 2 fully saturated rings. The maximum absolute atomic E-state index is 12.9. The van der Waals surface area contributed by atoms with E-state index in [4.69, 9.17) is 4.74 Å². The molecule has 0 radical (unpaired) electrons. The molecule has 1 amide bonds. The maximum Gasteiger partial charge on any atom is 0.228 e. The number of aliphatic hydroxyl groups excluding tert-OH is 1. The standard InChI is InChI=1S/C15H28N2O3/c1-11-8-17(9-13(10-18)20-11)14(19)15(2,3)12-5-4-6-16-7-12/h11-13,16,18H,4-10H2,1-3H3. The normalized spacial score (nSPS) is 32.2. The Morgan fingerprint density at radius 2 is 2.20 bits per heavy atom. The summed E-state index contributed by atoms with van der Waals surface area (Å²) in [7, 11) is 0. The molecule has 3 atom stereocenters. The van der Waals surface area contributed by atoms with Crippen LogP contribution in [0.1, 0.15) is 33.6 Å². The zero-order valence-corrected chi connectivity index (χ0v) is 12.9. The lowest BCUT2D eigenvalue weighted by Gasteiger charge is -2.43. The molecule has 0 bridgehead atoms. The Kier molecular flexibility index (Phi) is 5.04. The van der Waals surface area contributed by atoms with Gasteiger partial charge < -0.3 is 20.1 Å². The van der Waals surface area contributed by atoms with Gasteiger partial charge in [-0.15, -0.1) is 0 Å². The average molecular weight is 284 g/mol. The molecule has 0 aromatic heterocycles. The second-order valence-electron chi connectivity index (χ2n) is 6.73. The molecule has 3 unspecified atom stereocenters. The number of aliphatic hydroxyl groups is 1. The van der Waals surface area contributed by atoms with E-state index < -0.39 is 0 Å². The third kappa shape index (κ3) is 3.32. The van der Waals surface area contributed by atoms with E-state index >= 15 is 0 Å². The number of piperidine rings is 1. The Labute approximate surface area is 121 Å². The summed E-state index contributed by atoms with van der Waals surface area (Å²) < 4.78 is 5.62. The van der Waals surface area contributed by atoms with Gasteiger partial charge >= 0.3 is 0 Å². The third-order valence-electron chi connectivity index (χ3n) is 4.69. The van der Waals surface area contributed by atoms with Crippen LogP contribution in [0.4, 0.5) is 0 Å². The van der Waals surface area contributed by atoms with Gasteiger partial charge in [-0.2, -0.15) is 0 Å². The van der Waals surface area contributed by atoms with Crippen LogP contribution in [0.3, 0.4) is 0 Å². The highest BCUT2D eigenvalue weighted by atomic mass is 16.5. The number of carbonyl (C=O) groups excluding carboxylic acids is 1. The van der Waals surface area contributed by atoms with Gasteiger partial charge in [0.1, 0.15) is 0 Å². The molecular formula is C15H28N2O3. The van der Waals surface area contributed by atoms with Gasteiger partial charge in [-0.05, 0) is 38.8 Å². The quantitative estimate of drug-likeness (QED) is 0.797. The largest absolute Gasteiger partial charge is 0.394 e. The van der Waals surface area contributed by atoms with Crippen molar-refractivity contribution in [2.75, 3.05) is 32.8 Å². The molecule has 2 N–H and O–H groups in total. The summed E-state index contributed by atoms with van der Waals surface area (Å²) >= 11 is 0. The lowest BCUT2D eigenvalue weighted by molar-refractivity contribution is -0.158. The number of nitrogens with one attached hydrogen (secondary N) is 1. The second-order valence-corrected chi connectivity index (χ2v) is 6.73. The van der Waals surface area contributed by atoms with Crippen LogP contribution in [0.2, 0.25) is 0 Å². The van der Waals surface area contributed by atoms with Crippen LogP contribution in [-0.4, -0.2) is 60.9 Å². The summed E-state index contributed by atoms with van der Waals surface area (Å²) in [4.78, 5) is 14.8. The number of morpholine rings is 1. The molecule has 2 heterocycles. The van der Waals surface area contributed by atoms with E-state index in [1.807, 2.05) is 11.8 Å². The van der Waals surface area contributed by atoms with Crippen LogP contribution in [0.25, 0.3) is 0 Å². The highest BCUT2D eigenvalue weighted by molar-refractivity contribution is 5.82. The Morgan fingerprint density at radius 1 is 1.45 bits per heavy atom. The zero-order valence-electron chi connectivity index (χ0n) is 12.9. The highest BCUT2D eigenvalue weighted by Gasteiger charge is 2.41. The molecule has 0 saturated carbocycles. The van der Waals surface area contributed by atoms with E-state index in [1.165, 1.54) is 0 Å². The van der Waals surface area contributed by atoms with E-state index in [0.717, 1.165) is 25.9 Å². The first-order chi connectivity index (χ1) is 9.45. The molecule has 0 aliphatic carbocycles. The molecule has 2 aliphatic rings. The first-order valence-electron chi connectivity index (χ1n) is 7.71. The minimum absolute atomic E-state index is 0.00914. The highest BCUT2D eigenvalue weighted by Crippen LogP contribution is 2.34. The van der Waals surface area contributed by atoms with E-state index in [1.54, 1.807) is 0 Å². The second kappa shape index (κ2) is 6.41. The molecule has 0 spiro atoms. The van der Waals surface area contributed by atoms with Crippen molar-refractivity contribution < 1.29 is 14.6 Å². The number of carbonyl (C=O) groups is 1. The number of nitrogens with zero attached hydrogens (tertiary/aromatic N) is 1. The van der Waals surface area contributed by atoms with Crippen LogP contribution in [-0.2, 0) is 9.53 Å². The lowest BCUT2D eigenvalue weighted by Crippen LogP contribution is -2.56. The van der Waals surface area contributed by atoms with E-state index in [9.17, 15) is 9.90 Å². The molecule has 20 heavy (non-hydrogen) atoms. The monoisotopic (exact) mass is 284 g/mol. The topological polar surface area (TPSA) is 61.8 Å². The third-order valence-corrected chi connectivity index (χ3v) is 4.69. The fourth-order valence-electron chi connectivity index (χ4n) is 3.36. The van der Waals surface area contributed by atoms with Crippen molar-refractivity contribution in [3.8, 4) is 0 Å². The van der Waals surface area contributed by atoms with Crippen molar-refractivity contribution in [3.63, 3.8) is 0 Å². The molecule has 5 nitrogen and oxygen atoms in total. The summed E-state index contributed by atoms with van der Waals surface area (Å²) in [5.74, 6) is 0.578. The molecule has 0 aromatic rings. The summed E-state index contributed by atoms with van der Waals surface area (Å²) in [5, 5.41) is 12.7. The van der Waals surface area contributed by atoms with Gasteiger partial charge in [0.2, 0.25) is 5.91 Å². The maximum atomic E-state index is 12.9. The Bertz CT molecular complexity index is 340. The molecular weight excluding hydrogens is 256 g/mol. The number of amides is 1. The number of rotatable bonds is 3. The summed E-state index contributed by atoms with van der Waals surface area (Å²) in [6.45, 7) is 9.14. The fraction of sp³-hybridized carbons (Fsp3) is 0.933. The first kappa shape index (κ1) is 15.7. The molecule has 2 rings (SSSR count). The fourth-order valence-corrected chi connectivity index (χ4v) is 3.36. The molecule has 2 saturated heterocycles. The average Bonchev–Trinajstić information content (AvgIpc) is 2.46. The predicted octanol–water partition coefficient (Wildman–Crippen LogP) is 0.620. The number of hydrogen-bond donors (Lipinski definition) is 2. The van der Waals surface area contributed by atoms with Gasteiger partial charge in [0.05, 0.1) is 18.8 Å². The Balaban J connectivity index is 2.04. The van der Waals surface area contributed by atoms with Crippen molar-refractivity contribution in [2.45, 2.75) is 45.8 Å². The predicted molar refractivity (Wildman–Crippen MR) is 77.4 cm³/mol. The zero-order chi connectivity index (χ0) is 14.8. The van der Waals surface area contributed by atoms with Gasteiger partial charge in [-0.1, -0.05) is 13.8 Å². The van der Waals surface area contributed by atoms with Crippen molar-refractivity contribution >= 4 is 5.91 Å². The SMILES string of the molecule is CC1CN(C(=O)C(C)(C)C2CCCNC2)CC(CO)O1. The summed E-state index contributed by atoms with van der Waals surface area (Å²) in [6, 6.07) is 0. The van der Waals surface area contributed by atoms with Crippen molar-refractivity contribution in [3.05, 3.63) is 0 Å². The summed E-state index contributed by atoms with van der Waals surface area (Å²) in [6.07, 6.45) is 1.99. The lowest BCUT2D eigenvalue weighted by atomic mass is 9.74.